The second kappa shape index (κ2) is 5.53. The number of aromatic nitrogens is 4. The van der Waals surface area contributed by atoms with E-state index in [4.69, 9.17) is 5.73 Å². The van der Waals surface area contributed by atoms with Gasteiger partial charge < -0.3 is 10.7 Å². The van der Waals surface area contributed by atoms with Gasteiger partial charge in [-0.25, -0.2) is 19.3 Å². The molecule has 0 aliphatic carbocycles. The van der Waals surface area contributed by atoms with E-state index in [1.807, 2.05) is 38.1 Å². The number of nitrogens with zero attached hydrogens (tertiary/aromatic N) is 3. The molecule has 7 heteroatoms. The second-order valence-corrected chi connectivity index (χ2v) is 5.09. The van der Waals surface area contributed by atoms with E-state index in [0.717, 1.165) is 5.56 Å². The van der Waals surface area contributed by atoms with Crippen LogP contribution in [0, 0.1) is 6.92 Å². The molecule has 0 aliphatic heterocycles. The number of fused-ring (bicyclic) bond motifs is 1. The number of aromatic amines is 1. The van der Waals surface area contributed by atoms with Crippen molar-refractivity contribution in [3.63, 3.8) is 0 Å². The number of benzene rings is 1. The fourth-order valence-electron chi connectivity index (χ4n) is 2.34. The summed E-state index contributed by atoms with van der Waals surface area (Å²) in [7, 11) is 0. The van der Waals surface area contributed by atoms with E-state index in [-0.39, 0.29) is 11.2 Å². The molecule has 3 aromatic rings. The van der Waals surface area contributed by atoms with Crippen molar-refractivity contribution in [1.82, 2.24) is 19.5 Å². The van der Waals surface area contributed by atoms with E-state index in [9.17, 15) is 9.59 Å². The zero-order valence-corrected chi connectivity index (χ0v) is 12.7. The van der Waals surface area contributed by atoms with E-state index < -0.39 is 11.6 Å². The van der Waals surface area contributed by atoms with Crippen molar-refractivity contribution >= 4 is 23.1 Å². The number of hydrogen-bond donors (Lipinski definition) is 2. The lowest BCUT2D eigenvalue weighted by atomic mass is 10.2. The Balaban J connectivity index is 2.39. The molecular weight excluding hydrogens is 294 g/mol. The van der Waals surface area contributed by atoms with Crippen LogP contribution in [0.5, 0.6) is 0 Å². The van der Waals surface area contributed by atoms with E-state index in [1.165, 1.54) is 4.57 Å². The first kappa shape index (κ1) is 14.7. The van der Waals surface area contributed by atoms with Gasteiger partial charge in [-0.3, -0.25) is 4.79 Å². The predicted octanol–water partition coefficient (Wildman–Crippen LogP) is 1.55. The minimum Gasteiger partial charge on any atom is -0.364 e. The Morgan fingerprint density at radius 1 is 1.26 bits per heavy atom. The molecule has 1 aromatic carbocycles. The maximum Gasteiger partial charge on any atom is 0.332 e. The number of hydrogen-bond acceptors (Lipinski definition) is 4. The summed E-state index contributed by atoms with van der Waals surface area (Å²) in [6.07, 6.45) is 3.38. The minimum absolute atomic E-state index is 0.00828. The standard InChI is InChI=1S/C16H15N5O2/c1-3-4-11-18-12(14(17)22)13-15(19-11)21(16(23)20-13)10-7-5-9(2)6-8-10/h3-8H,1-2H3,(H2,17,22)(H,20,23)/b4-3-. The number of amides is 1. The molecule has 0 radical (unpaired) electrons. The van der Waals surface area contributed by atoms with E-state index in [1.54, 1.807) is 12.2 Å². The maximum atomic E-state index is 12.3. The first-order chi connectivity index (χ1) is 11.0. The van der Waals surface area contributed by atoms with E-state index in [0.29, 0.717) is 17.2 Å². The summed E-state index contributed by atoms with van der Waals surface area (Å²) in [5.74, 6) is -0.408. The summed E-state index contributed by atoms with van der Waals surface area (Å²) in [6, 6.07) is 7.41. The Morgan fingerprint density at radius 2 is 1.96 bits per heavy atom. The van der Waals surface area contributed by atoms with Crippen molar-refractivity contribution in [1.29, 1.82) is 0 Å². The van der Waals surface area contributed by atoms with Crippen molar-refractivity contribution in [2.24, 2.45) is 5.73 Å². The van der Waals surface area contributed by atoms with Crippen LogP contribution in [-0.4, -0.2) is 25.4 Å². The van der Waals surface area contributed by atoms with Gasteiger partial charge in [-0.15, -0.1) is 0 Å². The highest BCUT2D eigenvalue weighted by atomic mass is 16.2. The Hall–Kier alpha value is -3.22. The highest BCUT2D eigenvalue weighted by molar-refractivity contribution is 6.01. The third kappa shape index (κ3) is 2.52. The van der Waals surface area contributed by atoms with Gasteiger partial charge in [0.2, 0.25) is 0 Å². The number of nitrogens with two attached hydrogens (primary N) is 1. The van der Waals surface area contributed by atoms with Crippen LogP contribution in [0.1, 0.15) is 28.8 Å². The summed E-state index contributed by atoms with van der Waals surface area (Å²) in [5.41, 5.74) is 7.23. The van der Waals surface area contributed by atoms with Crippen LogP contribution in [0.2, 0.25) is 0 Å². The van der Waals surface area contributed by atoms with Crippen molar-refractivity contribution in [3.05, 3.63) is 57.9 Å². The first-order valence-corrected chi connectivity index (χ1v) is 7.03. The fraction of sp³-hybridized carbons (Fsp3) is 0.125. The molecule has 3 N–H and O–H groups in total. The first-order valence-electron chi connectivity index (χ1n) is 7.03. The molecule has 0 bridgehead atoms. The lowest BCUT2D eigenvalue weighted by Gasteiger charge is -2.05. The summed E-state index contributed by atoms with van der Waals surface area (Å²) in [6.45, 7) is 3.76. The number of aryl methyl sites for hydroxylation is 1. The maximum absolute atomic E-state index is 12.3. The SMILES string of the molecule is C/C=C\c1nc(C(N)=O)c2[nH]c(=O)n(-c3ccc(C)cc3)c2n1. The van der Waals surface area contributed by atoms with E-state index >= 15 is 0 Å². The number of carbonyl (C=O) groups excluding carboxylic acids is 1. The van der Waals surface area contributed by atoms with Gasteiger partial charge in [-0.05, 0) is 32.1 Å². The Morgan fingerprint density at radius 3 is 2.57 bits per heavy atom. The molecule has 3 rings (SSSR count). The number of nitrogens with one attached hydrogen (secondary N) is 1. The average molecular weight is 309 g/mol. The number of H-pyrrole nitrogens is 1. The highest BCUT2D eigenvalue weighted by Crippen LogP contribution is 2.17. The Kier molecular flexibility index (Phi) is 3.53. The van der Waals surface area contributed by atoms with Gasteiger partial charge in [-0.1, -0.05) is 23.8 Å². The molecule has 0 saturated heterocycles. The summed E-state index contributed by atoms with van der Waals surface area (Å²) < 4.78 is 1.40. The normalized spacial score (nSPS) is 11.4. The monoisotopic (exact) mass is 309 g/mol. The number of allylic oxidation sites excluding steroid dienone is 1. The topological polar surface area (TPSA) is 107 Å². The Bertz CT molecular complexity index is 980. The number of rotatable bonds is 3. The second-order valence-electron chi connectivity index (χ2n) is 5.09. The predicted molar refractivity (Wildman–Crippen MR) is 87.4 cm³/mol. The van der Waals surface area contributed by atoms with Crippen molar-refractivity contribution in [3.8, 4) is 5.69 Å². The van der Waals surface area contributed by atoms with Gasteiger partial charge >= 0.3 is 5.69 Å². The lowest BCUT2D eigenvalue weighted by Crippen LogP contribution is -2.15. The summed E-state index contributed by atoms with van der Waals surface area (Å²) >= 11 is 0. The van der Waals surface area contributed by atoms with E-state index in [2.05, 4.69) is 15.0 Å². The van der Waals surface area contributed by atoms with Crippen LogP contribution >= 0.6 is 0 Å². The smallest absolute Gasteiger partial charge is 0.332 e. The molecule has 7 nitrogen and oxygen atoms in total. The number of primary amides is 1. The zero-order valence-electron chi connectivity index (χ0n) is 12.7. The molecule has 0 fully saturated rings. The summed E-state index contributed by atoms with van der Waals surface area (Å²) in [4.78, 5) is 35.1. The van der Waals surface area contributed by atoms with Crippen LogP contribution in [0.3, 0.4) is 0 Å². The number of imidazole rings is 1. The van der Waals surface area contributed by atoms with Crippen LogP contribution in [0.15, 0.2) is 35.1 Å². The highest BCUT2D eigenvalue weighted by Gasteiger charge is 2.18. The van der Waals surface area contributed by atoms with Gasteiger partial charge in [0.15, 0.2) is 17.2 Å². The molecule has 2 heterocycles. The molecule has 2 aromatic heterocycles. The minimum atomic E-state index is -0.722. The molecule has 116 valence electrons. The van der Waals surface area contributed by atoms with Crippen LogP contribution in [0.25, 0.3) is 22.9 Å². The molecular formula is C16H15N5O2. The van der Waals surface area contributed by atoms with Crippen LogP contribution in [0.4, 0.5) is 0 Å². The molecule has 0 spiro atoms. The lowest BCUT2D eigenvalue weighted by molar-refractivity contribution is 0.0997. The molecule has 0 unspecified atom stereocenters. The van der Waals surface area contributed by atoms with Gasteiger partial charge in [0.1, 0.15) is 5.52 Å². The molecule has 23 heavy (non-hydrogen) atoms. The third-order valence-corrected chi connectivity index (χ3v) is 3.40. The Labute approximate surface area is 131 Å². The fourth-order valence-corrected chi connectivity index (χ4v) is 2.34. The quantitative estimate of drug-likeness (QED) is 0.765. The largest absolute Gasteiger partial charge is 0.364 e. The number of carbonyl (C=O) groups is 1. The van der Waals surface area contributed by atoms with Crippen LogP contribution in [-0.2, 0) is 0 Å². The van der Waals surface area contributed by atoms with Gasteiger partial charge in [0.25, 0.3) is 5.91 Å². The molecule has 0 atom stereocenters. The van der Waals surface area contributed by atoms with Crippen molar-refractivity contribution in [2.75, 3.05) is 0 Å². The van der Waals surface area contributed by atoms with Gasteiger partial charge in [0, 0.05) is 0 Å². The van der Waals surface area contributed by atoms with Gasteiger partial charge in [0.05, 0.1) is 5.69 Å². The summed E-state index contributed by atoms with van der Waals surface area (Å²) in [5, 5.41) is 0. The third-order valence-electron chi connectivity index (χ3n) is 3.40. The average Bonchev–Trinajstić information content (AvgIpc) is 2.83. The molecule has 0 aliphatic rings. The van der Waals surface area contributed by atoms with Crippen molar-refractivity contribution in [2.45, 2.75) is 13.8 Å². The van der Waals surface area contributed by atoms with Gasteiger partial charge in [-0.2, -0.15) is 0 Å². The zero-order chi connectivity index (χ0) is 16.6. The molecule has 0 saturated carbocycles. The molecule has 1 amide bonds. The van der Waals surface area contributed by atoms with Crippen LogP contribution < -0.4 is 11.4 Å². The van der Waals surface area contributed by atoms with Crippen molar-refractivity contribution < 1.29 is 4.79 Å².